The van der Waals surface area contributed by atoms with Crippen LogP contribution in [-0.4, -0.2) is 18.2 Å². The third-order valence-corrected chi connectivity index (χ3v) is 3.81. The maximum Gasteiger partial charge on any atom is 0.328 e. The van der Waals surface area contributed by atoms with E-state index in [2.05, 4.69) is 0 Å². The van der Waals surface area contributed by atoms with Gasteiger partial charge in [0.05, 0.1) is 19.1 Å². The third-order valence-electron chi connectivity index (χ3n) is 2.80. The lowest BCUT2D eigenvalue weighted by molar-refractivity contribution is -0.131. The van der Waals surface area contributed by atoms with Crippen LogP contribution in [-0.2, 0) is 16.3 Å². The van der Waals surface area contributed by atoms with Gasteiger partial charge in [0, 0.05) is 17.4 Å². The van der Waals surface area contributed by atoms with Gasteiger partial charge >= 0.3 is 5.97 Å². The molecule has 0 aliphatic carbocycles. The summed E-state index contributed by atoms with van der Waals surface area (Å²) in [5.41, 5.74) is 1.87. The highest BCUT2D eigenvalue weighted by Crippen LogP contribution is 2.26. The highest BCUT2D eigenvalue weighted by Gasteiger charge is 2.05. The van der Waals surface area contributed by atoms with Crippen LogP contribution in [0.3, 0.4) is 0 Å². The number of benzene rings is 1. The monoisotopic (exact) mass is 304 g/mol. The number of carboxylic acids is 1. The number of furan rings is 1. The molecule has 0 fully saturated rings. The topological polar surface area (TPSA) is 59.7 Å². The van der Waals surface area contributed by atoms with E-state index in [0.717, 1.165) is 40.2 Å². The number of aliphatic carboxylic acids is 1. The molecule has 4 nitrogen and oxygen atoms in total. The van der Waals surface area contributed by atoms with Gasteiger partial charge in [0.1, 0.15) is 11.5 Å². The van der Waals surface area contributed by atoms with E-state index in [1.54, 1.807) is 31.2 Å². The normalized spacial score (nSPS) is 10.9. The van der Waals surface area contributed by atoms with Gasteiger partial charge in [0.2, 0.25) is 0 Å². The standard InChI is InChI=1S/C16H16O4S/c1-19-15-6-4-12(5-7-16(17)18)9-13(15)10-21-11-14-3-2-8-20-14/h2-9H,10-11H2,1H3,(H,17,18). The summed E-state index contributed by atoms with van der Waals surface area (Å²) in [6.45, 7) is 0. The highest BCUT2D eigenvalue weighted by atomic mass is 32.2. The maximum absolute atomic E-state index is 10.6. The van der Waals surface area contributed by atoms with Crippen molar-refractivity contribution in [2.24, 2.45) is 0 Å². The van der Waals surface area contributed by atoms with Gasteiger partial charge in [0.25, 0.3) is 0 Å². The highest BCUT2D eigenvalue weighted by molar-refractivity contribution is 7.97. The van der Waals surface area contributed by atoms with Crippen molar-refractivity contribution in [3.63, 3.8) is 0 Å². The molecule has 2 aromatic rings. The van der Waals surface area contributed by atoms with Crippen LogP contribution in [0.5, 0.6) is 5.75 Å². The van der Waals surface area contributed by atoms with Gasteiger partial charge in [-0.25, -0.2) is 4.79 Å². The largest absolute Gasteiger partial charge is 0.496 e. The van der Waals surface area contributed by atoms with E-state index in [9.17, 15) is 4.79 Å². The summed E-state index contributed by atoms with van der Waals surface area (Å²) < 4.78 is 10.6. The quantitative estimate of drug-likeness (QED) is 0.788. The van der Waals surface area contributed by atoms with E-state index in [1.165, 1.54) is 0 Å². The van der Waals surface area contributed by atoms with E-state index < -0.39 is 5.97 Å². The fourth-order valence-electron chi connectivity index (χ4n) is 1.84. The van der Waals surface area contributed by atoms with Crippen LogP contribution in [0.15, 0.2) is 47.1 Å². The molecule has 0 amide bonds. The lowest BCUT2D eigenvalue weighted by Gasteiger charge is -2.09. The van der Waals surface area contributed by atoms with Gasteiger partial charge < -0.3 is 14.3 Å². The second-order valence-corrected chi connectivity index (χ2v) is 5.30. The average molecular weight is 304 g/mol. The summed E-state index contributed by atoms with van der Waals surface area (Å²) in [5.74, 6) is 2.32. The third kappa shape index (κ3) is 4.72. The molecule has 0 aliphatic rings. The Labute approximate surface area is 127 Å². The first-order chi connectivity index (χ1) is 10.2. The Hall–Kier alpha value is -2.14. The van der Waals surface area contributed by atoms with E-state index >= 15 is 0 Å². The average Bonchev–Trinajstić information content (AvgIpc) is 2.98. The molecule has 21 heavy (non-hydrogen) atoms. The molecular weight excluding hydrogens is 288 g/mol. The number of hydrogen-bond donors (Lipinski definition) is 1. The first kappa shape index (κ1) is 15.3. The Bertz CT molecular complexity index is 617. The van der Waals surface area contributed by atoms with Gasteiger partial charge in [-0.05, 0) is 35.9 Å². The second kappa shape index (κ2) is 7.59. The second-order valence-electron chi connectivity index (χ2n) is 4.32. The zero-order chi connectivity index (χ0) is 15.1. The number of ether oxygens (including phenoxy) is 1. The Morgan fingerprint density at radius 3 is 2.90 bits per heavy atom. The van der Waals surface area contributed by atoms with Gasteiger partial charge in [0.15, 0.2) is 0 Å². The molecule has 0 bridgehead atoms. The molecule has 0 aliphatic heterocycles. The smallest absolute Gasteiger partial charge is 0.328 e. The molecule has 0 unspecified atom stereocenters. The number of carbonyl (C=O) groups is 1. The molecule has 0 radical (unpaired) electrons. The van der Waals surface area contributed by atoms with Crippen LogP contribution >= 0.6 is 11.8 Å². The molecule has 0 saturated carbocycles. The van der Waals surface area contributed by atoms with Crippen molar-refractivity contribution in [3.8, 4) is 5.75 Å². The summed E-state index contributed by atoms with van der Waals surface area (Å²) >= 11 is 1.71. The van der Waals surface area contributed by atoms with Crippen molar-refractivity contribution in [3.05, 3.63) is 59.6 Å². The summed E-state index contributed by atoms with van der Waals surface area (Å²) in [6.07, 6.45) is 4.36. The maximum atomic E-state index is 10.6. The van der Waals surface area contributed by atoms with E-state index in [1.807, 2.05) is 30.3 Å². The van der Waals surface area contributed by atoms with Crippen LogP contribution in [0.2, 0.25) is 0 Å². The number of rotatable bonds is 7. The molecule has 0 spiro atoms. The molecule has 1 aromatic heterocycles. The van der Waals surface area contributed by atoms with Crippen LogP contribution in [0.4, 0.5) is 0 Å². The van der Waals surface area contributed by atoms with Crippen molar-refractivity contribution in [2.75, 3.05) is 7.11 Å². The van der Waals surface area contributed by atoms with Crippen molar-refractivity contribution >= 4 is 23.8 Å². The summed E-state index contributed by atoms with van der Waals surface area (Å²) in [7, 11) is 1.63. The molecule has 1 heterocycles. The van der Waals surface area contributed by atoms with E-state index in [0.29, 0.717) is 0 Å². The molecule has 0 saturated heterocycles. The van der Waals surface area contributed by atoms with Crippen molar-refractivity contribution in [1.82, 2.24) is 0 Å². The predicted octanol–water partition coefficient (Wildman–Crippen LogP) is 3.82. The molecule has 0 atom stereocenters. The Balaban J connectivity index is 2.04. The zero-order valence-electron chi connectivity index (χ0n) is 11.6. The Kier molecular flexibility index (Phi) is 5.51. The Morgan fingerprint density at radius 2 is 2.24 bits per heavy atom. The lowest BCUT2D eigenvalue weighted by Crippen LogP contribution is -1.92. The SMILES string of the molecule is COc1ccc(C=CC(=O)O)cc1CSCc1ccco1. The van der Waals surface area contributed by atoms with Crippen molar-refractivity contribution in [1.29, 1.82) is 0 Å². The molecule has 2 rings (SSSR count). The minimum Gasteiger partial charge on any atom is -0.496 e. The molecule has 1 N–H and O–H groups in total. The lowest BCUT2D eigenvalue weighted by atomic mass is 10.1. The minimum atomic E-state index is -0.959. The molecular formula is C16H16O4S. The van der Waals surface area contributed by atoms with Crippen molar-refractivity contribution in [2.45, 2.75) is 11.5 Å². The first-order valence-electron chi connectivity index (χ1n) is 6.37. The summed E-state index contributed by atoms with van der Waals surface area (Å²) in [5, 5.41) is 8.67. The fourth-order valence-corrected chi connectivity index (χ4v) is 2.75. The van der Waals surface area contributed by atoms with Gasteiger partial charge in [-0.15, -0.1) is 11.8 Å². The van der Waals surface area contributed by atoms with Gasteiger partial charge in [-0.2, -0.15) is 0 Å². The van der Waals surface area contributed by atoms with Gasteiger partial charge in [-0.1, -0.05) is 6.07 Å². The zero-order valence-corrected chi connectivity index (χ0v) is 12.4. The number of methoxy groups -OCH3 is 1. The van der Waals surface area contributed by atoms with Gasteiger partial charge in [-0.3, -0.25) is 0 Å². The number of hydrogen-bond acceptors (Lipinski definition) is 4. The summed E-state index contributed by atoms with van der Waals surface area (Å²) in [6, 6.07) is 9.43. The molecule has 1 aromatic carbocycles. The van der Waals surface area contributed by atoms with E-state index in [-0.39, 0.29) is 0 Å². The molecule has 5 heteroatoms. The fraction of sp³-hybridized carbons (Fsp3) is 0.188. The van der Waals surface area contributed by atoms with Crippen molar-refractivity contribution < 1.29 is 19.1 Å². The van der Waals surface area contributed by atoms with E-state index in [4.69, 9.17) is 14.3 Å². The predicted molar refractivity (Wildman–Crippen MR) is 83.4 cm³/mol. The number of carboxylic acid groups (broad SMARTS) is 1. The van der Waals surface area contributed by atoms with Crippen LogP contribution in [0, 0.1) is 0 Å². The minimum absolute atomic E-state index is 0.763. The first-order valence-corrected chi connectivity index (χ1v) is 7.52. The van der Waals surface area contributed by atoms with Crippen LogP contribution in [0.1, 0.15) is 16.9 Å². The van der Waals surface area contributed by atoms with Crippen LogP contribution in [0.25, 0.3) is 6.08 Å². The summed E-state index contributed by atoms with van der Waals surface area (Å²) in [4.78, 5) is 10.6. The molecule has 110 valence electrons. The number of thioether (sulfide) groups is 1. The van der Waals surface area contributed by atoms with Crippen LogP contribution < -0.4 is 4.74 Å². The Morgan fingerprint density at radius 1 is 1.38 bits per heavy atom.